The van der Waals surface area contributed by atoms with Crippen LogP contribution in [-0.4, -0.2) is 25.3 Å². The Morgan fingerprint density at radius 2 is 1.36 bits per heavy atom. The Morgan fingerprint density at radius 1 is 0.809 bits per heavy atom. The van der Waals surface area contributed by atoms with Crippen molar-refractivity contribution in [2.45, 2.75) is 83.0 Å². The maximum atomic E-state index is 11.8. The number of allylic oxidation sites excluding steroid dienone is 3. The minimum Gasteiger partial charge on any atom is -0.497 e. The summed E-state index contributed by atoms with van der Waals surface area (Å²) in [5.41, 5.74) is 5.99. The molecule has 0 aromatic heterocycles. The first kappa shape index (κ1) is 34.0. The molecule has 246 valence electrons. The van der Waals surface area contributed by atoms with Crippen molar-refractivity contribution in [3.05, 3.63) is 119 Å². The number of aryl methyl sites for hydroxylation is 1. The van der Waals surface area contributed by atoms with E-state index in [1.165, 1.54) is 60.8 Å². The molecule has 0 spiro atoms. The minimum absolute atomic E-state index is 0.155. The van der Waals surface area contributed by atoms with E-state index in [4.69, 9.17) is 14.7 Å². The Bertz CT molecular complexity index is 1500. The Balaban J connectivity index is 0.000000206. The maximum absolute atomic E-state index is 11.8. The average Bonchev–Trinajstić information content (AvgIpc) is 3.76. The SMILES string of the molecule is C1CCCCC1.COc1ccc(CC2(Cc3ccc(OC)cc3)C=CC=C3C(C(=O)O)CCC32)cc1.N#CC1CCc2ccccc21. The van der Waals surface area contributed by atoms with Crippen molar-refractivity contribution in [3.63, 3.8) is 0 Å². The average molecular weight is 632 g/mol. The number of methoxy groups -OCH3 is 2. The number of benzene rings is 3. The number of aliphatic carboxylic acids is 1. The fourth-order valence-corrected chi connectivity index (χ4v) is 7.92. The molecule has 3 aromatic rings. The summed E-state index contributed by atoms with van der Waals surface area (Å²) in [6.45, 7) is 0. The number of nitrogens with zero attached hydrogens (tertiary/aromatic N) is 1. The molecule has 4 aliphatic carbocycles. The molecule has 3 unspecified atom stereocenters. The van der Waals surface area contributed by atoms with E-state index in [-0.39, 0.29) is 23.2 Å². The number of fused-ring (bicyclic) bond motifs is 2. The zero-order valence-corrected chi connectivity index (χ0v) is 28.0. The summed E-state index contributed by atoms with van der Waals surface area (Å²) < 4.78 is 10.6. The van der Waals surface area contributed by atoms with Crippen LogP contribution in [0.4, 0.5) is 0 Å². The fourth-order valence-electron chi connectivity index (χ4n) is 7.92. The highest BCUT2D eigenvalue weighted by atomic mass is 16.5. The van der Waals surface area contributed by atoms with Crippen molar-refractivity contribution in [2.24, 2.45) is 17.3 Å². The van der Waals surface area contributed by atoms with Gasteiger partial charge in [-0.1, -0.05) is 111 Å². The van der Waals surface area contributed by atoms with E-state index in [2.05, 4.69) is 54.6 Å². The van der Waals surface area contributed by atoms with Gasteiger partial charge in [0.15, 0.2) is 0 Å². The van der Waals surface area contributed by atoms with Crippen LogP contribution in [0.25, 0.3) is 0 Å². The van der Waals surface area contributed by atoms with E-state index in [0.717, 1.165) is 49.2 Å². The van der Waals surface area contributed by atoms with Crippen molar-refractivity contribution < 1.29 is 19.4 Å². The normalized spacial score (nSPS) is 21.7. The number of hydrogen-bond donors (Lipinski definition) is 1. The van der Waals surface area contributed by atoms with Crippen LogP contribution in [0.5, 0.6) is 11.5 Å². The molecule has 7 rings (SSSR count). The van der Waals surface area contributed by atoms with Gasteiger partial charge in [-0.25, -0.2) is 0 Å². The number of rotatable bonds is 7. The lowest BCUT2D eigenvalue weighted by Gasteiger charge is -2.40. The third kappa shape index (κ3) is 8.55. The van der Waals surface area contributed by atoms with Crippen LogP contribution in [-0.2, 0) is 24.1 Å². The predicted molar refractivity (Wildman–Crippen MR) is 188 cm³/mol. The molecule has 5 heteroatoms. The first-order valence-corrected chi connectivity index (χ1v) is 17.3. The number of hydrogen-bond acceptors (Lipinski definition) is 4. The zero-order valence-electron chi connectivity index (χ0n) is 28.0. The summed E-state index contributed by atoms with van der Waals surface area (Å²) >= 11 is 0. The topological polar surface area (TPSA) is 79.6 Å². The summed E-state index contributed by atoms with van der Waals surface area (Å²) in [6, 6.07) is 27.0. The van der Waals surface area contributed by atoms with Gasteiger partial charge in [-0.2, -0.15) is 5.26 Å². The van der Waals surface area contributed by atoms with E-state index in [0.29, 0.717) is 6.42 Å². The molecule has 0 amide bonds. The lowest BCUT2D eigenvalue weighted by molar-refractivity contribution is -0.140. The molecule has 5 nitrogen and oxygen atoms in total. The van der Waals surface area contributed by atoms with Crippen LogP contribution >= 0.6 is 0 Å². The van der Waals surface area contributed by atoms with E-state index in [1.807, 2.05) is 42.5 Å². The van der Waals surface area contributed by atoms with Gasteiger partial charge >= 0.3 is 5.97 Å². The highest BCUT2D eigenvalue weighted by molar-refractivity contribution is 5.75. The van der Waals surface area contributed by atoms with Crippen LogP contribution in [0, 0.1) is 28.6 Å². The minimum atomic E-state index is -0.707. The molecule has 2 fully saturated rings. The van der Waals surface area contributed by atoms with E-state index in [1.54, 1.807) is 14.2 Å². The van der Waals surface area contributed by atoms with Crippen LogP contribution < -0.4 is 9.47 Å². The first-order chi connectivity index (χ1) is 23.0. The van der Waals surface area contributed by atoms with Crippen molar-refractivity contribution >= 4 is 5.97 Å². The molecule has 4 aliphatic rings. The van der Waals surface area contributed by atoms with Crippen LogP contribution in [0.2, 0.25) is 0 Å². The number of ether oxygens (including phenoxy) is 2. The maximum Gasteiger partial charge on any atom is 0.310 e. The standard InChI is InChI=1S/C26H28O4.C10H9N.C6H12/c1-29-20-9-5-18(6-10-20)16-26(17-19-7-11-21(30-2)12-8-19)15-3-4-22-23(25(27)28)13-14-24(22)26;11-7-9-6-5-8-3-1-2-4-10(8)9;1-2-4-6-5-3-1/h3-12,15,23-24H,13-14,16-17H2,1-2H3,(H,27,28);1-4,9H,5-6H2;1-6H2. The largest absolute Gasteiger partial charge is 0.497 e. The summed E-state index contributed by atoms with van der Waals surface area (Å²) in [5.74, 6) is 0.996. The Kier molecular flexibility index (Phi) is 12.0. The smallest absolute Gasteiger partial charge is 0.310 e. The van der Waals surface area contributed by atoms with Crippen molar-refractivity contribution in [2.75, 3.05) is 14.2 Å². The van der Waals surface area contributed by atoms with Gasteiger partial charge in [0.2, 0.25) is 0 Å². The molecule has 3 aromatic carbocycles. The Hall–Kier alpha value is -4.30. The van der Waals surface area contributed by atoms with Gasteiger partial charge in [0.25, 0.3) is 0 Å². The molecule has 47 heavy (non-hydrogen) atoms. The molecule has 0 aliphatic heterocycles. The van der Waals surface area contributed by atoms with Gasteiger partial charge in [-0.3, -0.25) is 4.79 Å². The zero-order chi connectivity index (χ0) is 33.1. The second-order valence-electron chi connectivity index (χ2n) is 13.4. The summed E-state index contributed by atoms with van der Waals surface area (Å²) in [4.78, 5) is 11.8. The Morgan fingerprint density at radius 3 is 1.87 bits per heavy atom. The second-order valence-corrected chi connectivity index (χ2v) is 13.4. The lowest BCUT2D eigenvalue weighted by atomic mass is 9.63. The number of nitriles is 1. The highest BCUT2D eigenvalue weighted by Gasteiger charge is 2.47. The Labute approximate surface area is 280 Å². The summed E-state index contributed by atoms with van der Waals surface area (Å²) in [7, 11) is 3.34. The highest BCUT2D eigenvalue weighted by Crippen LogP contribution is 2.52. The third-order valence-corrected chi connectivity index (χ3v) is 10.4. The number of carboxylic acids is 1. The van der Waals surface area contributed by atoms with E-state index >= 15 is 0 Å². The molecular weight excluding hydrogens is 582 g/mol. The number of carboxylic acid groups (broad SMARTS) is 1. The molecule has 0 radical (unpaired) electrons. The monoisotopic (exact) mass is 631 g/mol. The van der Waals surface area contributed by atoms with Gasteiger partial charge in [-0.05, 0) is 91.0 Å². The van der Waals surface area contributed by atoms with Gasteiger partial charge in [-0.15, -0.1) is 0 Å². The van der Waals surface area contributed by atoms with Crippen LogP contribution in [0.15, 0.2) is 96.6 Å². The second kappa shape index (κ2) is 16.5. The fraction of sp³-hybridized carbons (Fsp3) is 0.429. The third-order valence-electron chi connectivity index (χ3n) is 10.4. The predicted octanol–water partition coefficient (Wildman–Crippen LogP) is 9.66. The van der Waals surface area contributed by atoms with Crippen LogP contribution in [0.1, 0.15) is 86.0 Å². The van der Waals surface area contributed by atoms with E-state index in [9.17, 15) is 9.90 Å². The quantitative estimate of drug-likeness (QED) is 0.281. The first-order valence-electron chi connectivity index (χ1n) is 17.3. The van der Waals surface area contributed by atoms with Gasteiger partial charge in [0.05, 0.1) is 32.1 Å². The van der Waals surface area contributed by atoms with Crippen molar-refractivity contribution in [1.29, 1.82) is 5.26 Å². The summed E-state index contributed by atoms with van der Waals surface area (Å²) in [5, 5.41) is 18.5. The van der Waals surface area contributed by atoms with Crippen LogP contribution in [0.3, 0.4) is 0 Å². The lowest BCUT2D eigenvalue weighted by Crippen LogP contribution is -2.35. The molecule has 3 atom stereocenters. The summed E-state index contributed by atoms with van der Waals surface area (Å²) in [6.07, 6.45) is 20.8. The molecule has 0 bridgehead atoms. The molecule has 0 saturated heterocycles. The molecule has 1 N–H and O–H groups in total. The van der Waals surface area contributed by atoms with Gasteiger partial charge < -0.3 is 14.6 Å². The van der Waals surface area contributed by atoms with Crippen molar-refractivity contribution in [1.82, 2.24) is 0 Å². The molecule has 0 heterocycles. The van der Waals surface area contributed by atoms with Crippen molar-refractivity contribution in [3.8, 4) is 17.6 Å². The molecule has 2 saturated carbocycles. The number of carbonyl (C=O) groups is 1. The van der Waals surface area contributed by atoms with Gasteiger partial charge in [0, 0.05) is 5.41 Å². The van der Waals surface area contributed by atoms with E-state index < -0.39 is 5.97 Å². The molecular formula is C42H49NO4. The van der Waals surface area contributed by atoms with Gasteiger partial charge in [0.1, 0.15) is 11.5 Å².